The zero-order valence-electron chi connectivity index (χ0n) is 26.6. The number of hydrogen-bond donors (Lipinski definition) is 3. The molecular weight excluding hydrogens is 561 g/mol. The van der Waals surface area contributed by atoms with Gasteiger partial charge in [0.2, 0.25) is 0 Å². The maximum Gasteiger partial charge on any atom is 0.472 e. The third-order valence-electron chi connectivity index (χ3n) is 7.14. The highest BCUT2D eigenvalue weighted by molar-refractivity contribution is 7.47. The van der Waals surface area contributed by atoms with Gasteiger partial charge in [-0.3, -0.25) is 18.6 Å². The third-order valence-corrected chi connectivity index (χ3v) is 8.09. The van der Waals surface area contributed by atoms with Gasteiger partial charge in [0.25, 0.3) is 0 Å². The zero-order valence-corrected chi connectivity index (χ0v) is 27.5. The molecule has 3 atom stereocenters. The maximum absolute atomic E-state index is 12.4. The Hall–Kier alpha value is -1.03. The van der Waals surface area contributed by atoms with Crippen molar-refractivity contribution in [2.24, 2.45) is 5.73 Å². The van der Waals surface area contributed by atoms with Gasteiger partial charge in [-0.2, -0.15) is 0 Å². The number of phosphoric ester groups is 1. The van der Waals surface area contributed by atoms with Crippen molar-refractivity contribution in [2.75, 3.05) is 26.4 Å². The molecule has 0 saturated carbocycles. The average molecular weight is 624 g/mol. The Bertz CT molecular complexity index is 695. The standard InChI is InChI=1S/C31H62NO9P/c1-3-5-7-9-11-13-15-17-19-21-23-30(33)41-28(26-39-42(36,37)40-27-29(32)31(34)35)25-38-24-22-20-18-16-14-12-10-8-6-4-2/h28-29H,3-27,32H2,1-2H3,(H,34,35)(H,36,37). The van der Waals surface area contributed by atoms with Gasteiger partial charge in [-0.25, -0.2) is 4.57 Å². The number of carbonyl (C=O) groups is 2. The van der Waals surface area contributed by atoms with Crippen LogP contribution in [0.4, 0.5) is 0 Å². The quantitative estimate of drug-likeness (QED) is 0.0386. The number of carbonyl (C=O) groups excluding carboxylic acids is 1. The Kier molecular flexibility index (Phi) is 28.0. The minimum atomic E-state index is -4.59. The summed E-state index contributed by atoms with van der Waals surface area (Å²) in [6.45, 7) is 3.84. The van der Waals surface area contributed by atoms with Crippen LogP contribution < -0.4 is 5.73 Å². The predicted octanol–water partition coefficient (Wildman–Crippen LogP) is 7.69. The van der Waals surface area contributed by atoms with E-state index in [4.69, 9.17) is 24.8 Å². The van der Waals surface area contributed by atoms with E-state index >= 15 is 0 Å². The van der Waals surface area contributed by atoms with Crippen LogP contribution in [0.15, 0.2) is 0 Å². The van der Waals surface area contributed by atoms with E-state index in [1.165, 1.54) is 89.9 Å². The molecule has 0 aliphatic heterocycles. The van der Waals surface area contributed by atoms with Gasteiger partial charge in [0, 0.05) is 13.0 Å². The lowest BCUT2D eigenvalue weighted by Crippen LogP contribution is -2.34. The first kappa shape index (κ1) is 41.0. The van der Waals surface area contributed by atoms with Crippen LogP contribution >= 0.6 is 7.82 Å². The number of aliphatic carboxylic acids is 1. The maximum atomic E-state index is 12.4. The van der Waals surface area contributed by atoms with Gasteiger partial charge in [0.05, 0.1) is 19.8 Å². The van der Waals surface area contributed by atoms with Crippen LogP contribution in [0.3, 0.4) is 0 Å². The highest BCUT2D eigenvalue weighted by Crippen LogP contribution is 2.43. The minimum absolute atomic E-state index is 0.0237. The summed E-state index contributed by atoms with van der Waals surface area (Å²) in [4.78, 5) is 33.1. The molecule has 0 aliphatic rings. The number of phosphoric acid groups is 1. The first-order valence-electron chi connectivity index (χ1n) is 16.6. The molecule has 11 heteroatoms. The van der Waals surface area contributed by atoms with Gasteiger partial charge >= 0.3 is 19.8 Å². The molecule has 42 heavy (non-hydrogen) atoms. The molecular formula is C31H62NO9P. The van der Waals surface area contributed by atoms with Crippen molar-refractivity contribution in [2.45, 2.75) is 161 Å². The van der Waals surface area contributed by atoms with Gasteiger partial charge in [-0.05, 0) is 12.8 Å². The van der Waals surface area contributed by atoms with E-state index in [1.54, 1.807) is 0 Å². The molecule has 0 aliphatic carbocycles. The van der Waals surface area contributed by atoms with Crippen molar-refractivity contribution in [1.29, 1.82) is 0 Å². The van der Waals surface area contributed by atoms with Gasteiger partial charge in [-0.15, -0.1) is 0 Å². The number of ether oxygens (including phenoxy) is 2. The molecule has 0 heterocycles. The summed E-state index contributed by atoms with van der Waals surface area (Å²) in [5.41, 5.74) is 5.31. The second-order valence-electron chi connectivity index (χ2n) is 11.3. The molecule has 10 nitrogen and oxygen atoms in total. The van der Waals surface area contributed by atoms with Crippen molar-refractivity contribution in [3.63, 3.8) is 0 Å². The molecule has 0 saturated heterocycles. The number of unbranched alkanes of at least 4 members (excludes halogenated alkanes) is 18. The lowest BCUT2D eigenvalue weighted by atomic mass is 10.1. The predicted molar refractivity (Wildman–Crippen MR) is 166 cm³/mol. The summed E-state index contributed by atoms with van der Waals surface area (Å²) in [5.74, 6) is -1.78. The van der Waals surface area contributed by atoms with Crippen LogP contribution in [0.25, 0.3) is 0 Å². The van der Waals surface area contributed by atoms with E-state index in [2.05, 4.69) is 18.4 Å². The second kappa shape index (κ2) is 28.7. The molecule has 0 fully saturated rings. The number of hydrogen-bond acceptors (Lipinski definition) is 8. The lowest BCUT2D eigenvalue weighted by molar-refractivity contribution is -0.154. The number of carboxylic acid groups (broad SMARTS) is 1. The van der Waals surface area contributed by atoms with E-state index in [9.17, 15) is 19.0 Å². The fourth-order valence-corrected chi connectivity index (χ4v) is 5.26. The molecule has 0 aromatic rings. The highest BCUT2D eigenvalue weighted by Gasteiger charge is 2.27. The first-order chi connectivity index (χ1) is 20.2. The minimum Gasteiger partial charge on any atom is -0.480 e. The van der Waals surface area contributed by atoms with Crippen LogP contribution in [-0.2, 0) is 32.7 Å². The van der Waals surface area contributed by atoms with Crippen molar-refractivity contribution in [3.05, 3.63) is 0 Å². The average Bonchev–Trinajstić information content (AvgIpc) is 2.96. The molecule has 0 aromatic heterocycles. The van der Waals surface area contributed by atoms with Crippen molar-refractivity contribution in [3.8, 4) is 0 Å². The molecule has 0 aromatic carbocycles. The Morgan fingerprint density at radius 1 is 0.667 bits per heavy atom. The summed E-state index contributed by atoms with van der Waals surface area (Å²) in [6.07, 6.45) is 23.0. The molecule has 0 spiro atoms. The van der Waals surface area contributed by atoms with Gasteiger partial charge in [0.15, 0.2) is 0 Å². The fourth-order valence-electron chi connectivity index (χ4n) is 4.48. The molecule has 3 unspecified atom stereocenters. The Balaban J connectivity index is 4.36. The van der Waals surface area contributed by atoms with Crippen molar-refractivity contribution >= 4 is 19.8 Å². The van der Waals surface area contributed by atoms with Gasteiger partial charge < -0.3 is 25.2 Å². The monoisotopic (exact) mass is 623 g/mol. The van der Waals surface area contributed by atoms with E-state index in [0.717, 1.165) is 38.5 Å². The van der Waals surface area contributed by atoms with E-state index in [1.807, 2.05) is 0 Å². The summed E-state index contributed by atoms with van der Waals surface area (Å²) in [7, 11) is -4.59. The van der Waals surface area contributed by atoms with Crippen LogP contribution in [0, 0.1) is 0 Å². The van der Waals surface area contributed by atoms with E-state index < -0.39 is 45.1 Å². The zero-order chi connectivity index (χ0) is 31.3. The lowest BCUT2D eigenvalue weighted by Gasteiger charge is -2.20. The van der Waals surface area contributed by atoms with E-state index in [0.29, 0.717) is 6.61 Å². The Morgan fingerprint density at radius 2 is 1.10 bits per heavy atom. The molecule has 4 N–H and O–H groups in total. The fraction of sp³-hybridized carbons (Fsp3) is 0.935. The van der Waals surface area contributed by atoms with E-state index in [-0.39, 0.29) is 13.0 Å². The topological polar surface area (TPSA) is 155 Å². The number of carboxylic acids is 1. The Morgan fingerprint density at radius 3 is 1.57 bits per heavy atom. The SMILES string of the molecule is CCCCCCCCCCCCOCC(COP(=O)(O)OCC(N)C(=O)O)OC(=O)CCCCCCCCCCCC. The largest absolute Gasteiger partial charge is 0.480 e. The molecule has 0 rings (SSSR count). The number of esters is 1. The van der Waals surface area contributed by atoms with Crippen LogP contribution in [0.2, 0.25) is 0 Å². The number of rotatable bonds is 32. The molecule has 0 radical (unpaired) electrons. The Labute approximate surface area is 255 Å². The van der Waals surface area contributed by atoms with Crippen LogP contribution in [0.1, 0.15) is 149 Å². The first-order valence-corrected chi connectivity index (χ1v) is 18.1. The third kappa shape index (κ3) is 27.8. The van der Waals surface area contributed by atoms with Crippen molar-refractivity contribution in [1.82, 2.24) is 0 Å². The molecule has 0 bridgehead atoms. The van der Waals surface area contributed by atoms with Crippen LogP contribution in [0.5, 0.6) is 0 Å². The van der Waals surface area contributed by atoms with Crippen LogP contribution in [-0.4, -0.2) is 60.5 Å². The summed E-state index contributed by atoms with van der Waals surface area (Å²) in [6, 6.07) is -1.46. The molecule has 0 amide bonds. The smallest absolute Gasteiger partial charge is 0.472 e. The molecule has 250 valence electrons. The second-order valence-corrected chi connectivity index (χ2v) is 12.8. The normalized spacial score (nSPS) is 14.4. The number of nitrogens with two attached hydrogens (primary N) is 1. The van der Waals surface area contributed by atoms with Crippen molar-refractivity contribution < 1.29 is 42.7 Å². The highest BCUT2D eigenvalue weighted by atomic mass is 31.2. The summed E-state index contributed by atoms with van der Waals surface area (Å²) in [5, 5.41) is 8.82. The summed E-state index contributed by atoms with van der Waals surface area (Å²) < 4.78 is 33.0. The summed E-state index contributed by atoms with van der Waals surface area (Å²) >= 11 is 0. The van der Waals surface area contributed by atoms with Gasteiger partial charge in [-0.1, -0.05) is 129 Å². The van der Waals surface area contributed by atoms with Gasteiger partial charge in [0.1, 0.15) is 12.1 Å².